The topological polar surface area (TPSA) is 893 Å². The molecule has 0 bridgehead atoms. The summed E-state index contributed by atoms with van der Waals surface area (Å²) >= 11 is 0. The van der Waals surface area contributed by atoms with E-state index in [2.05, 4.69) is 20.9 Å². The number of amides is 1. The van der Waals surface area contributed by atoms with E-state index in [-0.39, 0.29) is 0 Å². The Labute approximate surface area is 570 Å². The molecule has 102 heavy (non-hydrogen) atoms. The number of aliphatic hydroxyl groups excluding tert-OH is 8. The van der Waals surface area contributed by atoms with Crippen LogP contribution in [0, 0.1) is 0 Å². The molecule has 6 saturated heterocycles. The fourth-order valence-electron chi connectivity index (χ4n) is 10.6. The first-order chi connectivity index (χ1) is 46.5. The molecule has 6 rings (SSSR count). The molecule has 0 saturated carbocycles. The molecule has 6 aliphatic rings. The van der Waals surface area contributed by atoms with Crippen molar-refractivity contribution in [1.82, 2.24) is 14.8 Å². The Morgan fingerprint density at radius 3 is 1.10 bits per heavy atom. The van der Waals surface area contributed by atoms with Crippen molar-refractivity contribution < 1.29 is 244 Å². The molecule has 56 nitrogen and oxygen atoms in total. The molecule has 0 radical (unpaired) electrons. The molecular weight excluding hydrogens is 1580 g/mol. The van der Waals surface area contributed by atoms with E-state index in [1.807, 2.05) is 5.32 Å². The van der Waals surface area contributed by atoms with Gasteiger partial charge in [-0.15, -0.1) is 0 Å². The van der Waals surface area contributed by atoms with Gasteiger partial charge in [0, 0.05) is 14.0 Å². The Morgan fingerprint density at radius 2 is 0.696 bits per heavy atom. The standard InChI is InChI=1S/C39H63N3O53S7/c1-6(43)40-11-14(45)21(86-37-17(48)15(46)24(79-2)28(91-37)31(51)52)8(4-81-99(67,68)69)84-35(11)89-25-16(47)18(49)38(92-29(25)32(53)54)88-22-9(5-82-100(70,71)72)85-36(12(42-97(61,62)63)23(22)94-101(73,74)75)90-26-19(50)27(95-102(76,77)78)39(93-30(26)33(55)56)87-20-7(3-80-98(64,65)66)83-34(57)10(13(20)44)41-96(58,59)60/h7-30,34-39,41-42,44-50,57H,3-5H2,1-2H3,(H,40,43)(H,51,52)(H,53,54)(H,55,56)(H,58,59,60)(H,61,62,63)(H,64,65,66)(H,67,68,69)(H,70,71,72)(H,73,74,75)(H,76,77,78)/p-10/t7-,8-,9-,10-,11-,12-,13-,14-,15-,16-,17-,18-,19+,20-,21-,22-,23-,24+,25+,26+,27-,28-,29+,30-,34-,35-,36-,37-,38-,39-/m1/s1. The van der Waals surface area contributed by atoms with Crippen molar-refractivity contribution in [1.29, 1.82) is 0 Å². The smallest absolute Gasteiger partial charge is 0.218 e. The lowest BCUT2D eigenvalue weighted by molar-refractivity contribution is -0.392. The molecule has 0 aliphatic carbocycles. The van der Waals surface area contributed by atoms with Gasteiger partial charge in [-0.2, -0.15) is 0 Å². The third kappa shape index (κ3) is 23.6. The fourth-order valence-corrected chi connectivity index (χ4v) is 13.6. The lowest BCUT2D eigenvalue weighted by Gasteiger charge is -2.52. The minimum Gasteiger partial charge on any atom is -0.735 e. The van der Waals surface area contributed by atoms with Gasteiger partial charge in [-0.25, -0.2) is 68.4 Å². The third-order valence-corrected chi connectivity index (χ3v) is 17.9. The largest absolute Gasteiger partial charge is 0.735 e. The molecule has 63 heteroatoms. The van der Waals surface area contributed by atoms with Crippen LogP contribution in [-0.2, 0) is 170 Å². The summed E-state index contributed by atoms with van der Waals surface area (Å²) in [6, 6.07) is -8.55. The summed E-state index contributed by atoms with van der Waals surface area (Å²) in [5.74, 6) is -8.95. The molecule has 0 aromatic carbocycles. The van der Waals surface area contributed by atoms with E-state index in [0.717, 1.165) is 16.6 Å². The molecule has 6 aliphatic heterocycles. The first kappa shape index (κ1) is 87.1. The van der Waals surface area contributed by atoms with Gasteiger partial charge in [0.2, 0.25) is 57.9 Å². The minimum absolute atomic E-state index is 0.680. The first-order valence-corrected chi connectivity index (χ1v) is 36.6. The van der Waals surface area contributed by atoms with Crippen molar-refractivity contribution >= 4 is 96.4 Å². The molecule has 0 spiro atoms. The molecule has 0 unspecified atom stereocenters. The number of methoxy groups -OCH3 is 1. The van der Waals surface area contributed by atoms with Crippen LogP contribution in [0.4, 0.5) is 0 Å². The minimum atomic E-state index is -6.72. The zero-order valence-electron chi connectivity index (χ0n) is 49.7. The highest BCUT2D eigenvalue weighted by Crippen LogP contribution is 2.39. The van der Waals surface area contributed by atoms with Crippen LogP contribution in [0.15, 0.2) is 0 Å². The monoisotopic (exact) mass is 1630 g/mol. The number of carbonyl (C=O) groups is 4. The number of hydrogen-bond donors (Lipinski definition) is 11. The summed E-state index contributed by atoms with van der Waals surface area (Å²) in [6.07, 6.45) is -78.9. The molecule has 0 aromatic rings. The van der Waals surface area contributed by atoms with E-state index in [1.165, 1.54) is 0 Å². The normalized spacial score (nSPS) is 40.0. The van der Waals surface area contributed by atoms with Gasteiger partial charge < -0.3 is 165 Å². The second-order valence-corrected chi connectivity index (χ2v) is 28.9. The van der Waals surface area contributed by atoms with Crippen molar-refractivity contribution in [2.45, 2.75) is 191 Å². The van der Waals surface area contributed by atoms with E-state index in [9.17, 15) is 166 Å². The van der Waals surface area contributed by atoms with Gasteiger partial charge in [-0.1, -0.05) is 0 Å². The Kier molecular flexibility index (Phi) is 28.8. The molecule has 1 amide bonds. The Hall–Kier alpha value is -3.83. The molecule has 594 valence electrons. The average Bonchev–Trinajstić information content (AvgIpc) is 0.762. The van der Waals surface area contributed by atoms with Gasteiger partial charge >= 0.3 is 0 Å². The maximum atomic E-state index is 13.0. The SMILES string of the molecule is CO[C@H]1[C@H](O)[C@@H](O)[C@H](O[C@H]2[C@H](O)[C@@H](NC(C)=O)[C@@H](O[C@H]3[C@H](O)[C@@H](O)[C@H](O[C@H]4[C@H](OS(=O)(=O)[O-])[C@@H](NS(=O)(=O)[O-])[C@@H](O[C@H]5[C@H](O)[C@@H](OS(=O)(=O)[O-])[C@H](O[C@H]6[C@H](O)[C@@H](NS(=O)(=O)[O-])[C@H](O)O[C@@H]6COS(=O)(=O)[O-])O[C@H]5C(=O)[O-])O[C@@H]4COS(=O)(=O)[O-])O[C@@H]3C(=O)[O-])O[C@@H]2COS(=O)(=O)[O-])O[C@H]1C(=O)[O-]. The highest BCUT2D eigenvalue weighted by molar-refractivity contribution is 7.84. The Balaban J connectivity index is 1.39. The van der Waals surface area contributed by atoms with Crippen LogP contribution in [0.25, 0.3) is 0 Å². The molecule has 6 fully saturated rings. The zero-order valence-corrected chi connectivity index (χ0v) is 55.5. The van der Waals surface area contributed by atoms with Crippen LogP contribution in [0.2, 0.25) is 0 Å². The van der Waals surface area contributed by atoms with E-state index in [0.29, 0.717) is 6.92 Å². The summed E-state index contributed by atoms with van der Waals surface area (Å²) in [7, 11) is -42.8. The molecule has 0 aromatic heterocycles. The van der Waals surface area contributed by atoms with Crippen LogP contribution >= 0.6 is 0 Å². The number of rotatable bonds is 32. The predicted octanol–water partition coefficient (Wildman–Crippen LogP) is -21.5. The van der Waals surface area contributed by atoms with Crippen molar-refractivity contribution in [3.8, 4) is 0 Å². The molecule has 11 N–H and O–H groups in total. The van der Waals surface area contributed by atoms with Gasteiger partial charge in [0.05, 0.1) is 37.7 Å². The Bertz CT molecular complexity index is 3780. The van der Waals surface area contributed by atoms with Crippen molar-refractivity contribution in [2.24, 2.45) is 0 Å². The number of hydrogen-bond acceptors (Lipinski definition) is 53. The summed E-state index contributed by atoms with van der Waals surface area (Å²) in [5.41, 5.74) is 0. The van der Waals surface area contributed by atoms with Gasteiger partial charge in [-0.3, -0.25) is 25.7 Å². The molecular formula is C39H53N3O53S7-10. The number of nitrogens with one attached hydrogen (secondary N) is 3. The zero-order chi connectivity index (χ0) is 77.4. The summed E-state index contributed by atoms with van der Waals surface area (Å²) in [4.78, 5) is 50.4. The van der Waals surface area contributed by atoms with E-state index >= 15 is 0 Å². The van der Waals surface area contributed by atoms with Gasteiger partial charge in [0.1, 0.15) is 140 Å². The highest BCUT2D eigenvalue weighted by atomic mass is 32.3. The lowest BCUT2D eigenvalue weighted by Crippen LogP contribution is -2.72. The predicted molar refractivity (Wildman–Crippen MR) is 273 cm³/mol. The van der Waals surface area contributed by atoms with Crippen LogP contribution < -0.4 is 30.1 Å². The van der Waals surface area contributed by atoms with Gasteiger partial charge in [0.15, 0.2) is 64.5 Å². The number of carboxylic acid groups (broad SMARTS) is 3. The van der Waals surface area contributed by atoms with Crippen molar-refractivity contribution in [3.63, 3.8) is 0 Å². The number of carbonyl (C=O) groups excluding carboxylic acids is 4. The maximum absolute atomic E-state index is 13.0. The highest BCUT2D eigenvalue weighted by Gasteiger charge is 2.60. The van der Waals surface area contributed by atoms with Crippen molar-refractivity contribution in [2.75, 3.05) is 26.9 Å². The lowest BCUT2D eigenvalue weighted by atomic mass is 9.94. The van der Waals surface area contributed by atoms with Crippen LogP contribution in [0.3, 0.4) is 0 Å². The summed E-state index contributed by atoms with van der Waals surface area (Å²) in [5, 5.41) is 129. The van der Waals surface area contributed by atoms with Crippen LogP contribution in [0.5, 0.6) is 0 Å². The Morgan fingerprint density at radius 1 is 0.363 bits per heavy atom. The van der Waals surface area contributed by atoms with Crippen molar-refractivity contribution in [3.05, 3.63) is 0 Å². The second kappa shape index (κ2) is 33.8. The number of ether oxygens (including phenoxy) is 12. The fraction of sp³-hybridized carbons (Fsp3) is 0.897. The van der Waals surface area contributed by atoms with Crippen LogP contribution in [0.1, 0.15) is 6.92 Å². The van der Waals surface area contributed by atoms with E-state index < -0.39 is 300 Å². The number of aliphatic hydroxyl groups is 8. The molecule has 6 heterocycles. The van der Waals surface area contributed by atoms with Gasteiger partial charge in [-0.05, 0) is 0 Å². The maximum Gasteiger partial charge on any atom is 0.218 e. The third-order valence-electron chi connectivity index (χ3n) is 14.6. The first-order valence-electron chi connectivity index (χ1n) is 27.1. The quantitative estimate of drug-likeness (QED) is 0.0220. The van der Waals surface area contributed by atoms with E-state index in [4.69, 9.17) is 56.8 Å². The average molecular weight is 1640 g/mol. The van der Waals surface area contributed by atoms with E-state index in [1.54, 1.807) is 0 Å². The summed E-state index contributed by atoms with van der Waals surface area (Å²) in [6.45, 7) is -4.94. The van der Waals surface area contributed by atoms with Crippen LogP contribution in [-0.4, -0.2) is 366 Å². The second-order valence-electron chi connectivity index (χ2n) is 21.5. The summed E-state index contributed by atoms with van der Waals surface area (Å²) < 4.78 is 337. The number of carboxylic acids is 3. The molecule has 30 atom stereocenters. The number of aliphatic carboxylic acids is 3. The van der Waals surface area contributed by atoms with Gasteiger partial charge in [0.25, 0.3) is 0 Å².